The number of nitrogens with one attached hydrogen (secondary N) is 3. The summed E-state index contributed by atoms with van der Waals surface area (Å²) in [4.78, 5) is 52.5. The van der Waals surface area contributed by atoms with Crippen molar-refractivity contribution >= 4 is 28.8 Å². The van der Waals surface area contributed by atoms with Crippen LogP contribution in [0, 0.1) is 5.92 Å². The standard InChI is InChI=1S/C26H38N8O3.C6H14N2O2/c1-2-3-14-37-25-31-23(28)22-24(32-25)34(26(36)30-22)17-20-6-4-19(5-7-20)16-33-12-9-18(10-13-33)8-11-29-21(35)15-27;1-2-3-4-8-6(9)5-10-7/h4-7,18H,2-3,8-17,27H2,1H3,(H,29,35)(H,30,36)(H2,28,31,32);2-5,7H2,1H3,(H,8,9). The molecule has 3 aromatic rings. The molecule has 260 valence electrons. The lowest BCUT2D eigenvalue weighted by molar-refractivity contribution is -0.125. The number of hydrogen-bond acceptors (Lipinski definition) is 11. The summed E-state index contributed by atoms with van der Waals surface area (Å²) in [5, 5.41) is 5.50. The van der Waals surface area contributed by atoms with Crippen LogP contribution >= 0.6 is 0 Å². The van der Waals surface area contributed by atoms with Crippen LogP contribution < -0.4 is 38.4 Å². The van der Waals surface area contributed by atoms with Gasteiger partial charge in [-0.05, 0) is 62.2 Å². The third kappa shape index (κ3) is 12.6. The van der Waals surface area contributed by atoms with E-state index in [9.17, 15) is 14.4 Å². The Labute approximate surface area is 275 Å². The number of imidazole rings is 1. The van der Waals surface area contributed by atoms with Crippen molar-refractivity contribution in [3.8, 4) is 6.01 Å². The van der Waals surface area contributed by atoms with Gasteiger partial charge in [-0.25, -0.2) is 10.7 Å². The molecule has 0 radical (unpaired) electrons. The highest BCUT2D eigenvalue weighted by Crippen LogP contribution is 2.22. The maximum Gasteiger partial charge on any atom is 0.328 e. The number of amides is 2. The smallest absolute Gasteiger partial charge is 0.328 e. The number of nitrogens with zero attached hydrogens (tertiary/aromatic N) is 4. The van der Waals surface area contributed by atoms with Crippen LogP contribution in [0.25, 0.3) is 11.2 Å². The number of carbonyl (C=O) groups is 2. The second-order valence-corrected chi connectivity index (χ2v) is 11.7. The van der Waals surface area contributed by atoms with E-state index < -0.39 is 0 Å². The van der Waals surface area contributed by atoms with E-state index in [2.05, 4.69) is 79.3 Å². The van der Waals surface area contributed by atoms with E-state index in [1.54, 1.807) is 4.57 Å². The van der Waals surface area contributed by atoms with Gasteiger partial charge in [0.15, 0.2) is 11.5 Å². The van der Waals surface area contributed by atoms with Gasteiger partial charge in [-0.3, -0.25) is 23.9 Å². The number of H-pyrrole nitrogens is 1. The largest absolute Gasteiger partial charge is 0.463 e. The van der Waals surface area contributed by atoms with Crippen LogP contribution in [0.2, 0.25) is 0 Å². The van der Waals surface area contributed by atoms with Gasteiger partial charge in [-0.1, -0.05) is 51.0 Å². The Balaban J connectivity index is 0.000000520. The zero-order valence-corrected chi connectivity index (χ0v) is 27.8. The lowest BCUT2D eigenvalue weighted by Gasteiger charge is -2.32. The van der Waals surface area contributed by atoms with Crippen molar-refractivity contribution in [3.05, 3.63) is 45.9 Å². The van der Waals surface area contributed by atoms with Crippen LogP contribution in [-0.4, -0.2) is 82.2 Å². The number of nitrogens with two attached hydrogens (primary N) is 3. The van der Waals surface area contributed by atoms with Gasteiger partial charge in [0.1, 0.15) is 12.1 Å². The predicted octanol–water partition coefficient (Wildman–Crippen LogP) is 1.40. The molecule has 15 heteroatoms. The molecule has 1 saturated heterocycles. The number of fused-ring (bicyclic) bond motifs is 1. The Morgan fingerprint density at radius 2 is 1.64 bits per heavy atom. The average Bonchev–Trinajstić information content (AvgIpc) is 3.38. The molecule has 15 nitrogen and oxygen atoms in total. The molecule has 0 spiro atoms. The number of likely N-dealkylation sites (tertiary alicyclic amines) is 1. The summed E-state index contributed by atoms with van der Waals surface area (Å²) in [6, 6.07) is 8.53. The molecule has 0 aliphatic carbocycles. The number of carbonyl (C=O) groups excluding carboxylic acids is 2. The Morgan fingerprint density at radius 1 is 0.979 bits per heavy atom. The van der Waals surface area contributed by atoms with E-state index in [1.807, 2.05) is 0 Å². The minimum absolute atomic E-state index is 0.0494. The Morgan fingerprint density at radius 3 is 2.28 bits per heavy atom. The van der Waals surface area contributed by atoms with Crippen molar-refractivity contribution in [2.45, 2.75) is 71.9 Å². The maximum absolute atomic E-state index is 12.6. The molecule has 1 aliphatic heterocycles. The Kier molecular flexibility index (Phi) is 16.1. The number of benzene rings is 1. The van der Waals surface area contributed by atoms with Gasteiger partial charge in [0, 0.05) is 19.6 Å². The molecule has 0 bridgehead atoms. The van der Waals surface area contributed by atoms with Crippen molar-refractivity contribution in [1.82, 2.24) is 35.1 Å². The van der Waals surface area contributed by atoms with Crippen LogP contribution in [0.5, 0.6) is 6.01 Å². The highest BCUT2D eigenvalue weighted by Gasteiger charge is 2.19. The van der Waals surface area contributed by atoms with E-state index in [1.165, 1.54) is 5.56 Å². The molecule has 3 heterocycles. The summed E-state index contributed by atoms with van der Waals surface area (Å²) in [7, 11) is 0. The molecular formula is C32H52N10O5. The van der Waals surface area contributed by atoms with Crippen molar-refractivity contribution in [3.63, 3.8) is 0 Å². The topological polar surface area (TPSA) is 222 Å². The first-order valence-corrected chi connectivity index (χ1v) is 16.5. The quantitative estimate of drug-likeness (QED) is 0.0900. The first kappa shape index (κ1) is 37.4. The lowest BCUT2D eigenvalue weighted by Crippen LogP contribution is -2.36. The Bertz CT molecular complexity index is 1430. The summed E-state index contributed by atoms with van der Waals surface area (Å²) in [5.74, 6) is 5.27. The van der Waals surface area contributed by atoms with E-state index in [-0.39, 0.29) is 42.5 Å². The van der Waals surface area contributed by atoms with Gasteiger partial charge in [-0.2, -0.15) is 9.97 Å². The molecule has 1 fully saturated rings. The second-order valence-electron chi connectivity index (χ2n) is 11.7. The number of nitrogen functional groups attached to an aromatic ring is 1. The molecule has 9 N–H and O–H groups in total. The van der Waals surface area contributed by atoms with Crippen molar-refractivity contribution in [2.75, 3.05) is 51.7 Å². The van der Waals surface area contributed by atoms with E-state index in [4.69, 9.17) is 16.2 Å². The molecule has 0 saturated carbocycles. The number of hydrogen-bond donors (Lipinski definition) is 6. The number of aromatic nitrogens is 4. The summed E-state index contributed by atoms with van der Waals surface area (Å²) in [5.41, 5.74) is 14.2. The second kappa shape index (κ2) is 20.2. The fraction of sp³-hybridized carbons (Fsp3) is 0.594. The van der Waals surface area contributed by atoms with Gasteiger partial charge in [0.05, 0.1) is 19.7 Å². The molecule has 47 heavy (non-hydrogen) atoms. The molecule has 2 amide bonds. The molecular weight excluding hydrogens is 604 g/mol. The minimum Gasteiger partial charge on any atom is -0.463 e. The third-order valence-corrected chi connectivity index (χ3v) is 7.96. The van der Waals surface area contributed by atoms with Crippen molar-refractivity contribution < 1.29 is 19.2 Å². The minimum atomic E-state index is -0.281. The molecule has 2 aromatic heterocycles. The predicted molar refractivity (Wildman–Crippen MR) is 181 cm³/mol. The molecule has 1 aliphatic rings. The summed E-state index contributed by atoms with van der Waals surface area (Å²) in [6.07, 6.45) is 7.23. The number of rotatable bonds is 17. The number of ether oxygens (including phenoxy) is 1. The highest BCUT2D eigenvalue weighted by molar-refractivity contribution is 5.82. The maximum atomic E-state index is 12.6. The third-order valence-electron chi connectivity index (χ3n) is 7.96. The normalized spacial score (nSPS) is 13.6. The van der Waals surface area contributed by atoms with Gasteiger partial charge < -0.3 is 31.8 Å². The van der Waals surface area contributed by atoms with E-state index in [0.717, 1.165) is 70.1 Å². The fourth-order valence-electron chi connectivity index (χ4n) is 5.19. The average molecular weight is 657 g/mol. The zero-order valence-electron chi connectivity index (χ0n) is 27.8. The van der Waals surface area contributed by atoms with Crippen molar-refractivity contribution in [2.24, 2.45) is 17.5 Å². The Hall–Kier alpha value is -4.05. The van der Waals surface area contributed by atoms with Crippen LogP contribution in [0.15, 0.2) is 29.1 Å². The van der Waals surface area contributed by atoms with Gasteiger partial charge in [-0.15, -0.1) is 0 Å². The zero-order chi connectivity index (χ0) is 34.0. The summed E-state index contributed by atoms with van der Waals surface area (Å²) in [6.45, 7) is 9.41. The molecule has 0 unspecified atom stereocenters. The number of piperidine rings is 1. The lowest BCUT2D eigenvalue weighted by atomic mass is 9.93. The van der Waals surface area contributed by atoms with E-state index >= 15 is 0 Å². The van der Waals surface area contributed by atoms with Crippen LogP contribution in [0.1, 0.15) is 69.9 Å². The van der Waals surface area contributed by atoms with Gasteiger partial charge in [0.25, 0.3) is 0 Å². The highest BCUT2D eigenvalue weighted by atomic mass is 16.6. The monoisotopic (exact) mass is 656 g/mol. The summed E-state index contributed by atoms with van der Waals surface area (Å²) < 4.78 is 7.19. The van der Waals surface area contributed by atoms with Crippen molar-refractivity contribution in [1.29, 1.82) is 0 Å². The molecule has 0 atom stereocenters. The van der Waals surface area contributed by atoms with Gasteiger partial charge in [0.2, 0.25) is 11.8 Å². The van der Waals surface area contributed by atoms with Crippen LogP contribution in [0.3, 0.4) is 0 Å². The summed E-state index contributed by atoms with van der Waals surface area (Å²) >= 11 is 0. The van der Waals surface area contributed by atoms with Crippen LogP contribution in [-0.2, 0) is 27.5 Å². The molecule has 1 aromatic carbocycles. The first-order chi connectivity index (χ1) is 22.8. The number of unbranched alkanes of at least 4 members (excludes halogenated alkanes) is 2. The SMILES string of the molecule is CCCCNC(=O)CON.CCCCOc1nc(N)c2[nH]c(=O)n(Cc3ccc(CN4CCC(CCNC(=O)CN)CC4)cc3)c2n1. The van der Waals surface area contributed by atoms with E-state index in [0.29, 0.717) is 43.3 Å². The van der Waals surface area contributed by atoms with Gasteiger partial charge >= 0.3 is 11.7 Å². The number of aromatic amines is 1. The number of anilines is 1. The fourth-order valence-corrected chi connectivity index (χ4v) is 5.19. The van der Waals surface area contributed by atoms with Crippen LogP contribution in [0.4, 0.5) is 5.82 Å². The molecule has 4 rings (SSSR count). The first-order valence-electron chi connectivity index (χ1n) is 16.5.